The molecule has 96 valence electrons. The number of rotatable bonds is 3. The quantitative estimate of drug-likeness (QED) is 0.798. The minimum Gasteiger partial charge on any atom is -0.325 e. The molecule has 2 N–H and O–H groups in total. The zero-order valence-electron chi connectivity index (χ0n) is 9.95. The molecule has 4 nitrogen and oxygen atoms in total. The topological polar surface area (TPSA) is 56.7 Å². The fourth-order valence-corrected chi connectivity index (χ4v) is 2.68. The summed E-state index contributed by atoms with van der Waals surface area (Å²) in [5.74, 6) is -0.306. The number of nitrogens with zero attached hydrogens (tertiary/aromatic N) is 3. The maximum Gasteiger partial charge on any atom is 0.125 e. The molecule has 3 rings (SSSR count). The molecule has 6 heteroatoms. The van der Waals surface area contributed by atoms with Crippen molar-refractivity contribution < 1.29 is 4.39 Å². The molecule has 0 unspecified atom stereocenters. The number of benzene rings is 1. The van der Waals surface area contributed by atoms with Crippen molar-refractivity contribution in [2.45, 2.75) is 6.54 Å². The van der Waals surface area contributed by atoms with E-state index in [1.54, 1.807) is 28.2 Å². The molecule has 0 aliphatic heterocycles. The average molecular weight is 274 g/mol. The standard InChI is InChI=1S/C13H11FN4S/c14-9-3-1-4-10(7-9)18-13(11(8-15)16-17-18)12-5-2-6-19-12/h1-7H,8,15H2. The van der Waals surface area contributed by atoms with E-state index in [0.717, 1.165) is 10.6 Å². The van der Waals surface area contributed by atoms with Gasteiger partial charge in [-0.25, -0.2) is 9.07 Å². The molecule has 0 aliphatic carbocycles. The molecule has 0 aliphatic rings. The number of thiophene rings is 1. The van der Waals surface area contributed by atoms with E-state index in [1.165, 1.54) is 12.1 Å². The van der Waals surface area contributed by atoms with Crippen LogP contribution in [0.5, 0.6) is 0 Å². The van der Waals surface area contributed by atoms with Gasteiger partial charge in [0, 0.05) is 6.54 Å². The molecule has 0 saturated heterocycles. The highest BCUT2D eigenvalue weighted by Crippen LogP contribution is 2.29. The molecular formula is C13H11FN4S. The Hall–Kier alpha value is -2.05. The predicted molar refractivity (Wildman–Crippen MR) is 72.5 cm³/mol. The number of hydrogen-bond acceptors (Lipinski definition) is 4. The summed E-state index contributed by atoms with van der Waals surface area (Å²) in [6.07, 6.45) is 0. The third kappa shape index (κ3) is 2.16. The summed E-state index contributed by atoms with van der Waals surface area (Å²) in [6.45, 7) is 0.294. The molecule has 0 amide bonds. The minimum absolute atomic E-state index is 0.294. The summed E-state index contributed by atoms with van der Waals surface area (Å²) in [6, 6.07) is 10.2. The Kier molecular flexibility index (Phi) is 3.10. The second kappa shape index (κ2) is 4.91. The molecule has 0 atom stereocenters. The maximum absolute atomic E-state index is 13.3. The van der Waals surface area contributed by atoms with E-state index in [4.69, 9.17) is 5.73 Å². The second-order valence-electron chi connectivity index (χ2n) is 3.96. The lowest BCUT2D eigenvalue weighted by atomic mass is 10.2. The van der Waals surface area contributed by atoms with Crippen molar-refractivity contribution in [3.8, 4) is 16.3 Å². The highest BCUT2D eigenvalue weighted by molar-refractivity contribution is 7.13. The van der Waals surface area contributed by atoms with Crippen molar-refractivity contribution in [2.24, 2.45) is 5.73 Å². The molecule has 0 saturated carbocycles. The Morgan fingerprint density at radius 2 is 2.16 bits per heavy atom. The number of hydrogen-bond donors (Lipinski definition) is 1. The normalized spacial score (nSPS) is 10.8. The monoisotopic (exact) mass is 274 g/mol. The first kappa shape index (κ1) is 12.0. The molecule has 2 heterocycles. The summed E-state index contributed by atoms with van der Waals surface area (Å²) >= 11 is 1.57. The Balaban J connectivity index is 2.20. The fourth-order valence-electron chi connectivity index (χ4n) is 1.90. The van der Waals surface area contributed by atoms with E-state index in [0.29, 0.717) is 17.9 Å². The number of nitrogens with two attached hydrogens (primary N) is 1. The van der Waals surface area contributed by atoms with Gasteiger partial charge in [-0.2, -0.15) is 0 Å². The molecule has 3 aromatic rings. The summed E-state index contributed by atoms with van der Waals surface area (Å²) in [5.41, 5.74) is 7.85. The van der Waals surface area contributed by atoms with Gasteiger partial charge in [-0.05, 0) is 29.6 Å². The van der Waals surface area contributed by atoms with Gasteiger partial charge in [0.25, 0.3) is 0 Å². The van der Waals surface area contributed by atoms with Crippen molar-refractivity contribution in [3.05, 3.63) is 53.3 Å². The smallest absolute Gasteiger partial charge is 0.125 e. The molecule has 2 aromatic heterocycles. The SMILES string of the molecule is NCc1nnn(-c2cccc(F)c2)c1-c1cccs1. The highest BCUT2D eigenvalue weighted by Gasteiger charge is 2.16. The Labute approximate surface area is 113 Å². The Morgan fingerprint density at radius 1 is 1.26 bits per heavy atom. The van der Waals surface area contributed by atoms with E-state index >= 15 is 0 Å². The summed E-state index contributed by atoms with van der Waals surface area (Å²) in [4.78, 5) is 1.01. The lowest BCUT2D eigenvalue weighted by Crippen LogP contribution is -2.02. The van der Waals surface area contributed by atoms with Gasteiger partial charge >= 0.3 is 0 Å². The summed E-state index contributed by atoms with van der Waals surface area (Å²) in [5, 5.41) is 10.1. The number of halogens is 1. The van der Waals surface area contributed by atoms with E-state index in [-0.39, 0.29) is 5.82 Å². The van der Waals surface area contributed by atoms with Crippen LogP contribution in [-0.4, -0.2) is 15.0 Å². The van der Waals surface area contributed by atoms with Crippen LogP contribution >= 0.6 is 11.3 Å². The fraction of sp³-hybridized carbons (Fsp3) is 0.0769. The predicted octanol–water partition coefficient (Wildman–Crippen LogP) is 2.59. The molecule has 19 heavy (non-hydrogen) atoms. The van der Waals surface area contributed by atoms with Gasteiger partial charge < -0.3 is 5.73 Å². The maximum atomic E-state index is 13.3. The molecule has 0 radical (unpaired) electrons. The van der Waals surface area contributed by atoms with Crippen LogP contribution in [0.1, 0.15) is 5.69 Å². The second-order valence-corrected chi connectivity index (χ2v) is 4.91. The molecule has 0 fully saturated rings. The molecular weight excluding hydrogens is 263 g/mol. The van der Waals surface area contributed by atoms with E-state index in [2.05, 4.69) is 10.3 Å². The molecule has 0 spiro atoms. The van der Waals surface area contributed by atoms with Crippen LogP contribution in [0.25, 0.3) is 16.3 Å². The first-order valence-corrected chi connectivity index (χ1v) is 6.62. The van der Waals surface area contributed by atoms with Crippen molar-refractivity contribution >= 4 is 11.3 Å². The van der Waals surface area contributed by atoms with Gasteiger partial charge in [-0.1, -0.05) is 17.3 Å². The van der Waals surface area contributed by atoms with Crippen LogP contribution in [0.4, 0.5) is 4.39 Å². The Morgan fingerprint density at radius 3 is 2.84 bits per heavy atom. The van der Waals surface area contributed by atoms with Crippen molar-refractivity contribution in [1.82, 2.24) is 15.0 Å². The van der Waals surface area contributed by atoms with Gasteiger partial charge in [-0.15, -0.1) is 16.4 Å². The van der Waals surface area contributed by atoms with Crippen molar-refractivity contribution in [3.63, 3.8) is 0 Å². The largest absolute Gasteiger partial charge is 0.325 e. The van der Waals surface area contributed by atoms with Crippen LogP contribution in [0.15, 0.2) is 41.8 Å². The summed E-state index contributed by atoms with van der Waals surface area (Å²) in [7, 11) is 0. The zero-order chi connectivity index (χ0) is 13.2. The molecule has 0 bridgehead atoms. The van der Waals surface area contributed by atoms with Crippen molar-refractivity contribution in [1.29, 1.82) is 0 Å². The van der Waals surface area contributed by atoms with E-state index < -0.39 is 0 Å². The van der Waals surface area contributed by atoms with Crippen molar-refractivity contribution in [2.75, 3.05) is 0 Å². The summed E-state index contributed by atoms with van der Waals surface area (Å²) < 4.78 is 15.0. The lowest BCUT2D eigenvalue weighted by Gasteiger charge is -2.06. The zero-order valence-corrected chi connectivity index (χ0v) is 10.8. The van der Waals surface area contributed by atoms with Crippen LogP contribution < -0.4 is 5.73 Å². The van der Waals surface area contributed by atoms with Crippen LogP contribution in [0, 0.1) is 5.82 Å². The highest BCUT2D eigenvalue weighted by atomic mass is 32.1. The van der Waals surface area contributed by atoms with Crippen LogP contribution in [0.3, 0.4) is 0 Å². The van der Waals surface area contributed by atoms with E-state index in [1.807, 2.05) is 17.5 Å². The van der Waals surface area contributed by atoms with E-state index in [9.17, 15) is 4.39 Å². The van der Waals surface area contributed by atoms with Gasteiger partial charge in [-0.3, -0.25) is 0 Å². The van der Waals surface area contributed by atoms with Gasteiger partial charge in [0.1, 0.15) is 17.2 Å². The van der Waals surface area contributed by atoms with Gasteiger partial charge in [0.15, 0.2) is 0 Å². The average Bonchev–Trinajstić information content (AvgIpc) is 3.07. The number of aromatic nitrogens is 3. The Bertz CT molecular complexity index is 690. The lowest BCUT2D eigenvalue weighted by molar-refractivity contribution is 0.625. The first-order valence-electron chi connectivity index (χ1n) is 5.74. The molecule has 1 aromatic carbocycles. The third-order valence-corrected chi connectivity index (χ3v) is 3.62. The van der Waals surface area contributed by atoms with Gasteiger partial charge in [0.05, 0.1) is 10.6 Å². The minimum atomic E-state index is -0.306. The first-order chi connectivity index (χ1) is 9.29. The van der Waals surface area contributed by atoms with Crippen LogP contribution in [-0.2, 0) is 6.54 Å². The van der Waals surface area contributed by atoms with Gasteiger partial charge in [0.2, 0.25) is 0 Å². The third-order valence-electron chi connectivity index (χ3n) is 2.74. The van der Waals surface area contributed by atoms with Crippen LogP contribution in [0.2, 0.25) is 0 Å².